The maximum atomic E-state index is 13.4. The average molecular weight is 284 g/mol. The van der Waals surface area contributed by atoms with Crippen molar-refractivity contribution in [2.24, 2.45) is 0 Å². The second kappa shape index (κ2) is 5.43. The standard InChI is InChI=1S/C16H13FN2S/c17-13-8-4-7-12(16(13)18)9-15-19-14(10-20-15)11-5-2-1-3-6-11/h1-8,10H,9,18H2. The SMILES string of the molecule is Nc1c(F)cccc1Cc1nc(-c2ccccc2)cs1. The average Bonchev–Trinajstić information content (AvgIpc) is 2.93. The molecule has 0 amide bonds. The van der Waals surface area contributed by atoms with Gasteiger partial charge in [-0.2, -0.15) is 0 Å². The summed E-state index contributed by atoms with van der Waals surface area (Å²) in [5.74, 6) is -0.373. The lowest BCUT2D eigenvalue weighted by molar-refractivity contribution is 0.631. The van der Waals surface area contributed by atoms with Crippen LogP contribution in [0.3, 0.4) is 0 Å². The quantitative estimate of drug-likeness (QED) is 0.735. The number of nitrogens with zero attached hydrogens (tertiary/aromatic N) is 1. The van der Waals surface area contributed by atoms with Crippen LogP contribution in [0.2, 0.25) is 0 Å². The Morgan fingerprint density at radius 2 is 1.85 bits per heavy atom. The van der Waals surface area contributed by atoms with Gasteiger partial charge in [-0.15, -0.1) is 11.3 Å². The Balaban J connectivity index is 1.86. The summed E-state index contributed by atoms with van der Waals surface area (Å²) in [4.78, 5) is 4.59. The molecule has 2 N–H and O–H groups in total. The first-order chi connectivity index (χ1) is 9.74. The van der Waals surface area contributed by atoms with Gasteiger partial charge in [-0.3, -0.25) is 0 Å². The minimum absolute atomic E-state index is 0.212. The molecule has 2 nitrogen and oxygen atoms in total. The van der Waals surface area contributed by atoms with Gasteiger partial charge in [-0.05, 0) is 11.6 Å². The predicted molar refractivity (Wildman–Crippen MR) is 81.2 cm³/mol. The number of halogens is 1. The molecule has 3 aromatic rings. The van der Waals surface area contributed by atoms with Gasteiger partial charge >= 0.3 is 0 Å². The van der Waals surface area contributed by atoms with Crippen LogP contribution in [0, 0.1) is 5.82 Å². The van der Waals surface area contributed by atoms with E-state index >= 15 is 0 Å². The highest BCUT2D eigenvalue weighted by Crippen LogP contribution is 2.25. The zero-order valence-electron chi connectivity index (χ0n) is 10.7. The second-order valence-electron chi connectivity index (χ2n) is 4.48. The van der Waals surface area contributed by atoms with E-state index in [1.807, 2.05) is 41.8 Å². The summed E-state index contributed by atoms with van der Waals surface area (Å²) in [7, 11) is 0. The normalized spacial score (nSPS) is 10.7. The van der Waals surface area contributed by atoms with Gasteiger partial charge in [-0.1, -0.05) is 42.5 Å². The number of nitrogen functional groups attached to an aromatic ring is 1. The first-order valence-corrected chi connectivity index (χ1v) is 7.14. The van der Waals surface area contributed by atoms with Gasteiger partial charge in [0.1, 0.15) is 5.82 Å². The van der Waals surface area contributed by atoms with Gasteiger partial charge in [-0.25, -0.2) is 9.37 Å². The van der Waals surface area contributed by atoms with E-state index in [1.54, 1.807) is 17.4 Å². The van der Waals surface area contributed by atoms with Crippen LogP contribution in [0.1, 0.15) is 10.6 Å². The summed E-state index contributed by atoms with van der Waals surface area (Å²) >= 11 is 1.56. The van der Waals surface area contributed by atoms with E-state index < -0.39 is 0 Å². The van der Waals surface area contributed by atoms with E-state index in [1.165, 1.54) is 6.07 Å². The molecule has 3 rings (SSSR count). The zero-order chi connectivity index (χ0) is 13.9. The van der Waals surface area contributed by atoms with E-state index in [2.05, 4.69) is 4.98 Å². The number of aromatic nitrogens is 1. The molecule has 4 heteroatoms. The van der Waals surface area contributed by atoms with Crippen LogP contribution in [0.15, 0.2) is 53.9 Å². The van der Waals surface area contributed by atoms with Crippen molar-refractivity contribution in [3.8, 4) is 11.3 Å². The van der Waals surface area contributed by atoms with Crippen molar-refractivity contribution in [3.63, 3.8) is 0 Å². The predicted octanol–water partition coefficient (Wildman–Crippen LogP) is 4.12. The van der Waals surface area contributed by atoms with E-state index in [4.69, 9.17) is 5.73 Å². The molecule has 0 aliphatic heterocycles. The van der Waals surface area contributed by atoms with Crippen LogP contribution in [0.4, 0.5) is 10.1 Å². The van der Waals surface area contributed by atoms with Crippen molar-refractivity contribution in [1.82, 2.24) is 4.98 Å². The van der Waals surface area contributed by atoms with Crippen LogP contribution < -0.4 is 5.73 Å². The van der Waals surface area contributed by atoms with Crippen LogP contribution in [0.25, 0.3) is 11.3 Å². The second-order valence-corrected chi connectivity index (χ2v) is 5.42. The van der Waals surface area contributed by atoms with Crippen molar-refractivity contribution in [2.75, 3.05) is 5.73 Å². The summed E-state index contributed by atoms with van der Waals surface area (Å²) in [6.07, 6.45) is 0.557. The van der Waals surface area contributed by atoms with Gasteiger partial charge in [0.2, 0.25) is 0 Å². The summed E-state index contributed by atoms with van der Waals surface area (Å²) in [6.45, 7) is 0. The molecule has 0 radical (unpaired) electrons. The summed E-state index contributed by atoms with van der Waals surface area (Å²) in [6, 6.07) is 14.9. The van der Waals surface area contributed by atoms with E-state index in [-0.39, 0.29) is 11.5 Å². The molecule has 1 aromatic heterocycles. The molecular weight excluding hydrogens is 271 g/mol. The third kappa shape index (κ3) is 2.56. The van der Waals surface area contributed by atoms with Crippen molar-refractivity contribution in [2.45, 2.75) is 6.42 Å². The van der Waals surface area contributed by atoms with E-state index in [0.717, 1.165) is 21.8 Å². The molecular formula is C16H13FN2S. The molecule has 0 unspecified atom stereocenters. The van der Waals surface area contributed by atoms with Crippen molar-refractivity contribution < 1.29 is 4.39 Å². The maximum absolute atomic E-state index is 13.4. The number of rotatable bonds is 3. The number of thiazole rings is 1. The summed E-state index contributed by atoms with van der Waals surface area (Å²) in [5.41, 5.74) is 8.77. The van der Waals surface area contributed by atoms with Gasteiger partial charge in [0.05, 0.1) is 16.4 Å². The molecule has 0 atom stereocenters. The number of nitrogens with two attached hydrogens (primary N) is 1. The lowest BCUT2D eigenvalue weighted by Gasteiger charge is -2.03. The molecule has 0 bridgehead atoms. The highest BCUT2D eigenvalue weighted by molar-refractivity contribution is 7.10. The number of para-hydroxylation sites is 1. The van der Waals surface area contributed by atoms with Crippen molar-refractivity contribution in [1.29, 1.82) is 0 Å². The minimum atomic E-state index is -0.373. The molecule has 20 heavy (non-hydrogen) atoms. The fraction of sp³-hybridized carbons (Fsp3) is 0.0625. The Morgan fingerprint density at radius 3 is 2.65 bits per heavy atom. The number of hydrogen-bond donors (Lipinski definition) is 1. The Hall–Kier alpha value is -2.20. The van der Waals surface area contributed by atoms with Crippen LogP contribution >= 0.6 is 11.3 Å². The van der Waals surface area contributed by atoms with Crippen LogP contribution in [-0.4, -0.2) is 4.98 Å². The Bertz CT molecular complexity index is 722. The lowest BCUT2D eigenvalue weighted by atomic mass is 10.1. The summed E-state index contributed by atoms with van der Waals surface area (Å²) in [5, 5.41) is 2.95. The van der Waals surface area contributed by atoms with Gasteiger partial charge < -0.3 is 5.73 Å². The van der Waals surface area contributed by atoms with Crippen molar-refractivity contribution in [3.05, 3.63) is 70.3 Å². The Morgan fingerprint density at radius 1 is 1.05 bits per heavy atom. The molecule has 0 aliphatic carbocycles. The van der Waals surface area contributed by atoms with E-state index in [9.17, 15) is 4.39 Å². The molecule has 2 aromatic carbocycles. The minimum Gasteiger partial charge on any atom is -0.396 e. The third-order valence-corrected chi connectivity index (χ3v) is 3.96. The fourth-order valence-corrected chi connectivity index (χ4v) is 2.86. The zero-order valence-corrected chi connectivity index (χ0v) is 11.5. The molecule has 0 spiro atoms. The number of anilines is 1. The molecule has 0 fully saturated rings. The lowest BCUT2D eigenvalue weighted by Crippen LogP contribution is -1.98. The third-order valence-electron chi connectivity index (χ3n) is 3.11. The molecule has 1 heterocycles. The Labute approximate surface area is 120 Å². The fourth-order valence-electron chi connectivity index (χ4n) is 2.03. The largest absolute Gasteiger partial charge is 0.396 e. The maximum Gasteiger partial charge on any atom is 0.146 e. The van der Waals surface area contributed by atoms with Gasteiger partial charge in [0.25, 0.3) is 0 Å². The highest BCUT2D eigenvalue weighted by Gasteiger charge is 2.09. The van der Waals surface area contributed by atoms with Gasteiger partial charge in [0.15, 0.2) is 0 Å². The monoisotopic (exact) mass is 284 g/mol. The summed E-state index contributed by atoms with van der Waals surface area (Å²) < 4.78 is 13.4. The number of benzene rings is 2. The first-order valence-electron chi connectivity index (χ1n) is 6.27. The Kier molecular flexibility index (Phi) is 3.48. The molecule has 0 saturated carbocycles. The van der Waals surface area contributed by atoms with Gasteiger partial charge in [0, 0.05) is 17.4 Å². The highest BCUT2D eigenvalue weighted by atomic mass is 32.1. The van der Waals surface area contributed by atoms with E-state index in [0.29, 0.717) is 6.42 Å². The smallest absolute Gasteiger partial charge is 0.146 e. The first kappa shape index (κ1) is 12.8. The van der Waals surface area contributed by atoms with Crippen LogP contribution in [0.5, 0.6) is 0 Å². The number of hydrogen-bond acceptors (Lipinski definition) is 3. The molecule has 100 valence electrons. The van der Waals surface area contributed by atoms with Crippen LogP contribution in [-0.2, 0) is 6.42 Å². The van der Waals surface area contributed by atoms with Crippen molar-refractivity contribution >= 4 is 17.0 Å². The molecule has 0 saturated heterocycles. The topological polar surface area (TPSA) is 38.9 Å². The molecule has 0 aliphatic rings.